The van der Waals surface area contributed by atoms with Crippen molar-refractivity contribution in [1.29, 1.82) is 0 Å². The molecule has 1 amide bonds. The van der Waals surface area contributed by atoms with Gasteiger partial charge in [0.05, 0.1) is 6.61 Å². The van der Waals surface area contributed by atoms with Crippen LogP contribution in [0.3, 0.4) is 0 Å². The molecule has 0 bridgehead atoms. The Morgan fingerprint density at radius 1 is 0.821 bits per heavy atom. The van der Waals surface area contributed by atoms with Crippen LogP contribution in [0.15, 0.2) is 0 Å². The van der Waals surface area contributed by atoms with Gasteiger partial charge in [-0.3, -0.25) is 18.5 Å². The molecule has 2 aliphatic rings. The van der Waals surface area contributed by atoms with Crippen molar-refractivity contribution >= 4 is 43.1 Å². The van der Waals surface area contributed by atoms with E-state index in [1.165, 1.54) is 0 Å². The SMILES string of the molecule is CC(=O)N[C@H]1[C@H](O[C@H]2[C@H](OS(=O)(=O)O)[C@@H](OS(=O)(=O)O)[C@H](O)O[C@@H]2C(=O)O)O[C@H](CO)[C@@H](OS(=O)(=O)O)[C@@H]1O. The number of hydrogen-bond donors (Lipinski definition) is 8. The van der Waals surface area contributed by atoms with Crippen LogP contribution in [0, 0.1) is 0 Å². The maximum atomic E-state index is 11.8. The molecule has 39 heavy (non-hydrogen) atoms. The summed E-state index contributed by atoms with van der Waals surface area (Å²) in [5.41, 5.74) is 0. The van der Waals surface area contributed by atoms with Crippen LogP contribution in [0.2, 0.25) is 0 Å². The number of aliphatic carboxylic acids is 1. The topological polar surface area (TPSA) is 346 Å². The maximum Gasteiger partial charge on any atom is 0.397 e. The van der Waals surface area contributed by atoms with Gasteiger partial charge in [0, 0.05) is 6.92 Å². The molecule has 0 aromatic carbocycles. The summed E-state index contributed by atoms with van der Waals surface area (Å²) in [6, 6.07) is -1.98. The zero-order valence-electron chi connectivity index (χ0n) is 19.1. The van der Waals surface area contributed by atoms with Crippen LogP contribution < -0.4 is 5.32 Å². The first-order chi connectivity index (χ1) is 17.6. The third kappa shape index (κ3) is 9.43. The fourth-order valence-corrected chi connectivity index (χ4v) is 5.16. The molecule has 0 unspecified atom stereocenters. The first-order valence-corrected chi connectivity index (χ1v) is 14.1. The lowest BCUT2D eigenvalue weighted by molar-refractivity contribution is -0.328. The Labute approximate surface area is 219 Å². The Hall–Kier alpha value is -1.69. The fraction of sp³-hybridized carbons (Fsp3) is 0.857. The molecule has 2 rings (SSSR count). The summed E-state index contributed by atoms with van der Waals surface area (Å²) in [5, 5.41) is 41.8. The molecule has 0 spiro atoms. The highest BCUT2D eigenvalue weighted by Gasteiger charge is 2.57. The molecule has 0 aromatic heterocycles. The van der Waals surface area contributed by atoms with Gasteiger partial charge in [-0.2, -0.15) is 25.3 Å². The van der Waals surface area contributed by atoms with Crippen molar-refractivity contribution in [2.24, 2.45) is 0 Å². The maximum absolute atomic E-state index is 11.8. The summed E-state index contributed by atoms with van der Waals surface area (Å²) in [5.74, 6) is -3.03. The van der Waals surface area contributed by atoms with Gasteiger partial charge in [-0.1, -0.05) is 0 Å². The molecule has 0 aliphatic carbocycles. The van der Waals surface area contributed by atoms with E-state index < -0.39 is 111 Å². The van der Waals surface area contributed by atoms with Gasteiger partial charge in [0.15, 0.2) is 24.8 Å². The molecule has 2 aliphatic heterocycles. The fourth-order valence-electron chi connectivity index (χ4n) is 3.65. The monoisotopic (exact) mass is 637 g/mol. The van der Waals surface area contributed by atoms with Gasteiger partial charge in [0.1, 0.15) is 36.6 Å². The number of hydrogen-bond acceptors (Lipinski definition) is 17. The smallest absolute Gasteiger partial charge is 0.397 e. The number of aliphatic hydroxyl groups excluding tert-OH is 3. The molecule has 10 atom stereocenters. The first-order valence-electron chi connectivity index (χ1n) is 10.0. The molecule has 2 saturated heterocycles. The van der Waals surface area contributed by atoms with Crippen molar-refractivity contribution < 1.29 is 95.7 Å². The lowest BCUT2D eigenvalue weighted by atomic mass is 9.95. The Morgan fingerprint density at radius 2 is 1.31 bits per heavy atom. The van der Waals surface area contributed by atoms with Crippen LogP contribution in [0.5, 0.6) is 0 Å². The van der Waals surface area contributed by atoms with Crippen molar-refractivity contribution in [2.75, 3.05) is 6.61 Å². The van der Waals surface area contributed by atoms with Crippen LogP contribution in [0.4, 0.5) is 0 Å². The van der Waals surface area contributed by atoms with Gasteiger partial charge >= 0.3 is 37.2 Å². The van der Waals surface area contributed by atoms with E-state index in [1.807, 2.05) is 5.32 Å². The molecule has 0 radical (unpaired) electrons. The highest BCUT2D eigenvalue weighted by atomic mass is 32.3. The molecule has 0 saturated carbocycles. The molecule has 25 heteroatoms. The van der Waals surface area contributed by atoms with Crippen molar-refractivity contribution in [3.05, 3.63) is 0 Å². The van der Waals surface area contributed by atoms with E-state index >= 15 is 0 Å². The third-order valence-electron chi connectivity index (χ3n) is 4.97. The van der Waals surface area contributed by atoms with Crippen LogP contribution in [-0.4, -0.2) is 139 Å². The van der Waals surface area contributed by atoms with E-state index in [0.717, 1.165) is 6.92 Å². The van der Waals surface area contributed by atoms with Crippen LogP contribution in [0.25, 0.3) is 0 Å². The number of ether oxygens (including phenoxy) is 3. The minimum Gasteiger partial charge on any atom is -0.479 e. The van der Waals surface area contributed by atoms with Gasteiger partial charge in [0.2, 0.25) is 5.91 Å². The molecule has 2 heterocycles. The predicted octanol–water partition coefficient (Wildman–Crippen LogP) is -5.68. The molecular weight excluding hydrogens is 614 g/mol. The predicted molar refractivity (Wildman–Crippen MR) is 112 cm³/mol. The van der Waals surface area contributed by atoms with Crippen molar-refractivity contribution in [3.8, 4) is 0 Å². The largest absolute Gasteiger partial charge is 0.479 e. The van der Waals surface area contributed by atoms with E-state index in [-0.39, 0.29) is 0 Å². The highest BCUT2D eigenvalue weighted by molar-refractivity contribution is 7.81. The zero-order valence-corrected chi connectivity index (χ0v) is 21.5. The Bertz CT molecular complexity index is 1220. The van der Waals surface area contributed by atoms with E-state index in [2.05, 4.69) is 17.3 Å². The summed E-state index contributed by atoms with van der Waals surface area (Å²) in [6.45, 7) is -0.327. The summed E-state index contributed by atoms with van der Waals surface area (Å²) in [7, 11) is -16.5. The van der Waals surface area contributed by atoms with E-state index in [1.54, 1.807) is 0 Å². The second kappa shape index (κ2) is 12.4. The molecular formula is C14H23NO21S3. The number of carboxylic acids is 1. The number of carbonyl (C=O) groups excluding carboxylic acids is 1. The quantitative estimate of drug-likeness (QED) is 0.0978. The van der Waals surface area contributed by atoms with Gasteiger partial charge < -0.3 is 40.0 Å². The number of carbonyl (C=O) groups is 2. The molecule has 228 valence electrons. The van der Waals surface area contributed by atoms with Gasteiger partial charge in [0.25, 0.3) is 0 Å². The average molecular weight is 638 g/mol. The minimum atomic E-state index is -5.66. The lowest BCUT2D eigenvalue weighted by Crippen LogP contribution is -2.69. The molecule has 22 nitrogen and oxygen atoms in total. The lowest BCUT2D eigenvalue weighted by Gasteiger charge is -2.47. The van der Waals surface area contributed by atoms with Crippen molar-refractivity contribution in [1.82, 2.24) is 5.32 Å². The number of carboxylic acid groups (broad SMARTS) is 1. The standard InChI is InChI=1S/C14H23NO21S3/c1-3(17)15-5-6(18)7(34-37(22,23)24)4(2-16)31-14(5)33-8-9(35-38(25,26)27)11(36-39(28,29)30)13(21)32-10(8)12(19)20/h4-11,13-14,16,18,21H,2H2,1H3,(H,15,17)(H,19,20)(H,22,23,24)(H,25,26,27)(H,28,29,30)/t4-,5-,6-,7-,8+,9+,10+,11-,13-,14+/m1/s1. The molecule has 0 aromatic rings. The van der Waals surface area contributed by atoms with Gasteiger partial charge in [-0.05, 0) is 0 Å². The zero-order chi connectivity index (χ0) is 30.1. The van der Waals surface area contributed by atoms with Crippen LogP contribution in [-0.2, 0) is 67.5 Å². The van der Waals surface area contributed by atoms with Crippen LogP contribution >= 0.6 is 0 Å². The van der Waals surface area contributed by atoms with Gasteiger partial charge in [-0.15, -0.1) is 0 Å². The average Bonchev–Trinajstić information content (AvgIpc) is 2.73. The Morgan fingerprint density at radius 3 is 1.74 bits per heavy atom. The number of amides is 1. The normalized spacial score (nSPS) is 36.3. The minimum absolute atomic E-state index is 0.862. The Kier molecular flexibility index (Phi) is 10.7. The van der Waals surface area contributed by atoms with E-state index in [4.69, 9.17) is 23.1 Å². The highest BCUT2D eigenvalue weighted by Crippen LogP contribution is 2.33. The summed E-state index contributed by atoms with van der Waals surface area (Å²) >= 11 is 0. The summed E-state index contributed by atoms with van der Waals surface area (Å²) in [6.07, 6.45) is -21.6. The van der Waals surface area contributed by atoms with Crippen molar-refractivity contribution in [3.63, 3.8) is 0 Å². The van der Waals surface area contributed by atoms with E-state index in [9.17, 15) is 55.3 Å². The molecule has 8 N–H and O–H groups in total. The third-order valence-corrected chi connectivity index (χ3v) is 6.37. The Balaban J connectivity index is 2.59. The second-order valence-corrected chi connectivity index (χ2v) is 10.9. The second-order valence-electron chi connectivity index (χ2n) is 7.79. The number of nitrogens with one attached hydrogen (secondary N) is 1. The van der Waals surface area contributed by atoms with Gasteiger partial charge in [-0.25, -0.2) is 17.3 Å². The number of aliphatic hydroxyl groups is 3. The van der Waals surface area contributed by atoms with Crippen molar-refractivity contribution in [2.45, 2.75) is 68.3 Å². The summed E-state index contributed by atoms with van der Waals surface area (Å²) in [4.78, 5) is 23.5. The van der Waals surface area contributed by atoms with E-state index in [0.29, 0.717) is 0 Å². The summed E-state index contributed by atoms with van der Waals surface area (Å²) < 4.78 is 123. The first kappa shape index (κ1) is 33.5. The van der Waals surface area contributed by atoms with Crippen LogP contribution in [0.1, 0.15) is 6.92 Å². The number of rotatable bonds is 11. The molecule has 2 fully saturated rings.